The van der Waals surface area contributed by atoms with Gasteiger partial charge in [0.15, 0.2) is 11.2 Å². The number of methoxy groups -OCH3 is 1. The molecule has 0 saturated carbocycles. The standard InChI is InChI=1S/C40H41N3O12/c1-53-33-19-35(55-34(33)21-44)43-20-23(38(49)42-40(43)52)7-9-24(45)6-4-2-3-5-15-41-37(48)22-8-12-27(39(50)51)30(16-22)36-28-13-10-25(46)17-31(28)54-32-18-26(47)11-14-29(32)36/h7-14,16-18,20,33-35,40,44,46,52H,2-6,15,19,21H2,1H3,(H,41,48)(H,42,49)(H,50,51)/b9-7+/t33?,34-,35-,40?/m1/s1. The maximum Gasteiger partial charge on any atom is 0.336 e. The first-order valence-corrected chi connectivity index (χ1v) is 17.8. The Labute approximate surface area is 314 Å². The Hall–Kier alpha value is -5.87. The highest BCUT2D eigenvalue weighted by atomic mass is 16.6. The minimum atomic E-state index is -1.35. The Morgan fingerprint density at radius 3 is 2.56 bits per heavy atom. The van der Waals surface area contributed by atoms with Gasteiger partial charge in [0.2, 0.25) is 6.35 Å². The summed E-state index contributed by atoms with van der Waals surface area (Å²) in [5, 5.41) is 45.8. The van der Waals surface area contributed by atoms with Crippen molar-refractivity contribution in [2.24, 2.45) is 0 Å². The van der Waals surface area contributed by atoms with Crippen LogP contribution in [0.1, 0.15) is 59.2 Å². The molecule has 4 atom stereocenters. The Bertz CT molecular complexity index is 2180. The number of ether oxygens (including phenoxy) is 2. The Morgan fingerprint density at radius 2 is 1.82 bits per heavy atom. The minimum absolute atomic E-state index is 0.0650. The van der Waals surface area contributed by atoms with Gasteiger partial charge in [-0.2, -0.15) is 0 Å². The van der Waals surface area contributed by atoms with E-state index in [1.807, 2.05) is 0 Å². The molecule has 0 radical (unpaired) electrons. The van der Waals surface area contributed by atoms with Gasteiger partial charge in [0.05, 0.1) is 23.8 Å². The van der Waals surface area contributed by atoms with E-state index in [0.717, 1.165) is 6.42 Å². The Morgan fingerprint density at radius 1 is 1.02 bits per heavy atom. The normalized spacial score (nSPS) is 19.9. The van der Waals surface area contributed by atoms with Gasteiger partial charge in [-0.25, -0.2) is 4.79 Å². The third kappa shape index (κ3) is 8.76. The van der Waals surface area contributed by atoms with E-state index in [4.69, 9.17) is 13.9 Å². The number of carbonyl (C=O) groups is 4. The second-order valence-corrected chi connectivity index (χ2v) is 13.3. The number of nitrogens with one attached hydrogen (secondary N) is 2. The molecule has 6 rings (SSSR count). The first-order chi connectivity index (χ1) is 26.5. The number of carbonyl (C=O) groups excluding carboxylic acids is 3. The first kappa shape index (κ1) is 38.8. The number of ketones is 1. The van der Waals surface area contributed by atoms with E-state index in [-0.39, 0.29) is 69.7 Å². The number of rotatable bonds is 15. The summed E-state index contributed by atoms with van der Waals surface area (Å²) in [7, 11) is 1.50. The summed E-state index contributed by atoms with van der Waals surface area (Å²) in [6.07, 6.45) is 4.39. The zero-order chi connectivity index (χ0) is 39.2. The van der Waals surface area contributed by atoms with Crippen LogP contribution in [0, 0.1) is 0 Å². The van der Waals surface area contributed by atoms with Crippen molar-refractivity contribution < 1.29 is 53.5 Å². The molecule has 1 saturated heterocycles. The van der Waals surface area contributed by atoms with Crippen LogP contribution in [-0.2, 0) is 19.1 Å². The van der Waals surface area contributed by atoms with Crippen molar-refractivity contribution in [3.05, 3.63) is 99.9 Å². The van der Waals surface area contributed by atoms with Crippen molar-refractivity contribution in [2.75, 3.05) is 20.3 Å². The molecule has 15 nitrogen and oxygen atoms in total. The van der Waals surface area contributed by atoms with E-state index in [0.29, 0.717) is 48.7 Å². The highest BCUT2D eigenvalue weighted by Gasteiger charge is 2.41. The molecule has 0 bridgehead atoms. The maximum atomic E-state index is 13.2. The summed E-state index contributed by atoms with van der Waals surface area (Å²) in [5.41, 5.74) is 1.36. The average Bonchev–Trinajstić information content (AvgIpc) is 3.59. The topological polar surface area (TPSA) is 225 Å². The van der Waals surface area contributed by atoms with Crippen molar-refractivity contribution in [3.8, 4) is 28.2 Å². The molecule has 288 valence electrons. The van der Waals surface area contributed by atoms with Crippen LogP contribution < -0.4 is 16.1 Å². The van der Waals surface area contributed by atoms with Crippen LogP contribution in [0.25, 0.3) is 33.4 Å². The number of aromatic hydroxyl groups is 1. The zero-order valence-corrected chi connectivity index (χ0v) is 29.9. The number of amides is 2. The number of fused-ring (bicyclic) bond motifs is 2. The number of phenolic OH excluding ortho intramolecular Hbond substituents is 1. The Balaban J connectivity index is 1.02. The van der Waals surface area contributed by atoms with E-state index in [2.05, 4.69) is 10.6 Å². The molecular formula is C40H41N3O12. The van der Waals surface area contributed by atoms with Crippen molar-refractivity contribution in [3.63, 3.8) is 0 Å². The highest BCUT2D eigenvalue weighted by molar-refractivity contribution is 6.09. The van der Waals surface area contributed by atoms with Crippen LogP contribution in [0.4, 0.5) is 0 Å². The van der Waals surface area contributed by atoms with E-state index < -0.39 is 36.5 Å². The van der Waals surface area contributed by atoms with Crippen molar-refractivity contribution in [1.29, 1.82) is 0 Å². The lowest BCUT2D eigenvalue weighted by atomic mass is 9.89. The molecule has 2 amide bonds. The van der Waals surface area contributed by atoms with Gasteiger partial charge in [0, 0.05) is 66.9 Å². The zero-order valence-electron chi connectivity index (χ0n) is 29.9. The van der Waals surface area contributed by atoms with Crippen LogP contribution in [0.15, 0.2) is 87.7 Å². The van der Waals surface area contributed by atoms with Gasteiger partial charge in [-0.1, -0.05) is 12.8 Å². The predicted octanol–water partition coefficient (Wildman–Crippen LogP) is 3.49. The van der Waals surface area contributed by atoms with E-state index in [1.54, 1.807) is 6.07 Å². The van der Waals surface area contributed by atoms with Gasteiger partial charge in [-0.15, -0.1) is 0 Å². The highest BCUT2D eigenvalue weighted by Crippen LogP contribution is 2.42. The first-order valence-electron chi connectivity index (χ1n) is 17.8. The number of hydrogen-bond acceptors (Lipinski definition) is 12. The van der Waals surface area contributed by atoms with Crippen LogP contribution in [-0.4, -0.2) is 93.9 Å². The lowest BCUT2D eigenvalue weighted by Gasteiger charge is -2.35. The molecule has 15 heteroatoms. The number of aliphatic hydroxyl groups is 2. The van der Waals surface area contributed by atoms with Gasteiger partial charge in [-0.3, -0.25) is 19.2 Å². The van der Waals surface area contributed by atoms with Gasteiger partial charge in [0.1, 0.15) is 29.4 Å². The van der Waals surface area contributed by atoms with Crippen molar-refractivity contribution in [2.45, 2.75) is 63.3 Å². The molecule has 0 aromatic heterocycles. The molecule has 0 spiro atoms. The summed E-state index contributed by atoms with van der Waals surface area (Å²) >= 11 is 0. The van der Waals surface area contributed by atoms with Crippen LogP contribution in [0.5, 0.6) is 5.75 Å². The molecule has 6 N–H and O–H groups in total. The second kappa shape index (κ2) is 17.1. The fourth-order valence-corrected chi connectivity index (χ4v) is 6.80. The monoisotopic (exact) mass is 755 g/mol. The third-order valence-electron chi connectivity index (χ3n) is 9.63. The van der Waals surface area contributed by atoms with E-state index >= 15 is 0 Å². The van der Waals surface area contributed by atoms with Crippen molar-refractivity contribution >= 4 is 34.5 Å². The van der Waals surface area contributed by atoms with E-state index in [1.165, 1.54) is 78.9 Å². The van der Waals surface area contributed by atoms with Crippen LogP contribution >= 0.6 is 0 Å². The number of aliphatic hydroxyl groups excluding tert-OH is 2. The SMILES string of the molecule is COC1C[C@H](N2C=C(/C=C/C(=O)CCCCCCNC(=O)c3ccc(C(=O)O)c(-c4c5ccc(=O)cc-5oc5cc(O)ccc45)c3)C(=O)NC2O)O[C@@H]1CO. The second-order valence-electron chi connectivity index (χ2n) is 13.3. The van der Waals surface area contributed by atoms with Gasteiger partial charge in [0.25, 0.3) is 11.8 Å². The number of aromatic carboxylic acids is 1. The molecule has 55 heavy (non-hydrogen) atoms. The number of hydrogen-bond donors (Lipinski definition) is 6. The van der Waals surface area contributed by atoms with Gasteiger partial charge in [-0.05, 0) is 73.0 Å². The van der Waals surface area contributed by atoms with Crippen LogP contribution in [0.3, 0.4) is 0 Å². The van der Waals surface area contributed by atoms with Gasteiger partial charge < -0.3 is 49.9 Å². The molecule has 4 aliphatic rings. The summed E-state index contributed by atoms with van der Waals surface area (Å²) in [4.78, 5) is 64.1. The molecule has 2 aromatic carbocycles. The lowest BCUT2D eigenvalue weighted by Crippen LogP contribution is -2.53. The fourth-order valence-electron chi connectivity index (χ4n) is 6.80. The minimum Gasteiger partial charge on any atom is -0.508 e. The third-order valence-corrected chi connectivity index (χ3v) is 9.63. The molecule has 3 aliphatic heterocycles. The summed E-state index contributed by atoms with van der Waals surface area (Å²) < 4.78 is 17.0. The molecule has 1 aliphatic carbocycles. The smallest absolute Gasteiger partial charge is 0.336 e. The number of carboxylic acid groups (broad SMARTS) is 1. The summed E-state index contributed by atoms with van der Waals surface area (Å²) in [6, 6.07) is 12.8. The van der Waals surface area contributed by atoms with Gasteiger partial charge >= 0.3 is 5.97 Å². The van der Waals surface area contributed by atoms with Crippen LogP contribution in [0.2, 0.25) is 0 Å². The number of unbranched alkanes of at least 4 members (excludes halogenated alkanes) is 3. The quantitative estimate of drug-likeness (QED) is 0.0581. The number of benzene rings is 3. The lowest BCUT2D eigenvalue weighted by molar-refractivity contribution is -0.143. The maximum absolute atomic E-state index is 13.2. The number of phenols is 1. The fraction of sp³-hybridized carbons (Fsp3) is 0.325. The Kier molecular flexibility index (Phi) is 12.1. The molecule has 1 fully saturated rings. The number of carboxylic acids is 1. The molecule has 2 aromatic rings. The number of allylic oxidation sites excluding steroid dienone is 1. The predicted molar refractivity (Wildman–Crippen MR) is 198 cm³/mol. The number of nitrogens with zero attached hydrogens (tertiary/aromatic N) is 1. The van der Waals surface area contributed by atoms with Crippen molar-refractivity contribution in [1.82, 2.24) is 15.5 Å². The van der Waals surface area contributed by atoms with E-state index in [9.17, 15) is 44.4 Å². The molecule has 2 unspecified atom stereocenters. The summed E-state index contributed by atoms with van der Waals surface area (Å²) in [6.45, 7) is 0.0744. The largest absolute Gasteiger partial charge is 0.508 e. The molecule has 3 heterocycles. The summed E-state index contributed by atoms with van der Waals surface area (Å²) in [5.74, 6) is -2.25. The molecular weight excluding hydrogens is 714 g/mol. The average molecular weight is 756 g/mol.